The zero-order chi connectivity index (χ0) is 19.9. The van der Waals surface area contributed by atoms with Gasteiger partial charge >= 0.3 is 0 Å². The van der Waals surface area contributed by atoms with E-state index < -0.39 is 10.0 Å². The van der Waals surface area contributed by atoms with Gasteiger partial charge in [-0.1, -0.05) is 23.7 Å². The topological polar surface area (TPSA) is 79.7 Å². The number of para-hydroxylation sites is 1. The molecule has 0 saturated heterocycles. The molecule has 2 rings (SSSR count). The zero-order valence-corrected chi connectivity index (χ0v) is 17.0. The Hall–Kier alpha value is -2.09. The van der Waals surface area contributed by atoms with Crippen LogP contribution in [0.15, 0.2) is 53.4 Å². The molecule has 2 aromatic rings. The molecule has 0 aliphatic heterocycles. The molecule has 0 bridgehead atoms. The van der Waals surface area contributed by atoms with Crippen LogP contribution in [-0.4, -0.2) is 40.5 Å². The summed E-state index contributed by atoms with van der Waals surface area (Å²) in [6.07, 6.45) is 0. The quantitative estimate of drug-likeness (QED) is 0.589. The fourth-order valence-corrected chi connectivity index (χ4v) is 3.84. The molecule has 0 atom stereocenters. The molecule has 27 heavy (non-hydrogen) atoms. The number of hydrogen-bond donors (Lipinski definition) is 3. The van der Waals surface area contributed by atoms with Crippen molar-refractivity contribution in [2.75, 3.05) is 30.9 Å². The molecule has 3 N–H and O–H groups in total. The third-order valence-corrected chi connectivity index (χ3v) is 5.94. The van der Waals surface area contributed by atoms with E-state index in [1.54, 1.807) is 24.3 Å². The highest BCUT2D eigenvalue weighted by atomic mass is 35.5. The number of halogens is 1. The summed E-state index contributed by atoms with van der Waals surface area (Å²) in [4.78, 5) is 14.0. The smallest absolute Gasteiger partial charge is 0.261 e. The van der Waals surface area contributed by atoms with Crippen LogP contribution in [0.25, 0.3) is 0 Å². The highest BCUT2D eigenvalue weighted by Gasteiger charge is 2.18. The first kappa shape index (κ1) is 21.2. The average molecular weight is 411 g/mol. The minimum atomic E-state index is -3.82. The molecule has 0 saturated carbocycles. The lowest BCUT2D eigenvalue weighted by Crippen LogP contribution is -3.12. The van der Waals surface area contributed by atoms with Crippen LogP contribution < -0.4 is 14.9 Å². The molecule has 146 valence electrons. The molecule has 0 fully saturated rings. The SMILES string of the molecule is CC[NH+](CC)CCNC(=O)c1ccccc1NS(=O)(=O)c1ccc(Cl)cc1. The molecular formula is C19H25ClN3O3S+. The van der Waals surface area contributed by atoms with E-state index in [0.717, 1.165) is 19.6 Å². The molecule has 0 aromatic heterocycles. The van der Waals surface area contributed by atoms with Gasteiger partial charge in [-0.2, -0.15) is 0 Å². The van der Waals surface area contributed by atoms with Crippen LogP contribution in [0.2, 0.25) is 5.02 Å². The van der Waals surface area contributed by atoms with E-state index in [2.05, 4.69) is 23.9 Å². The third-order valence-electron chi connectivity index (χ3n) is 4.30. The Labute approximate surface area is 165 Å². The summed E-state index contributed by atoms with van der Waals surface area (Å²) >= 11 is 5.81. The Kier molecular flexibility index (Phi) is 7.65. The van der Waals surface area contributed by atoms with Gasteiger partial charge in [0, 0.05) is 5.02 Å². The number of sulfonamides is 1. The summed E-state index contributed by atoms with van der Waals surface area (Å²) in [5.74, 6) is -0.309. The summed E-state index contributed by atoms with van der Waals surface area (Å²) in [6.45, 7) is 7.52. The number of anilines is 1. The molecule has 0 aliphatic carbocycles. The standard InChI is InChI=1S/C19H24ClN3O3S/c1-3-23(4-2)14-13-21-19(24)17-7-5-6-8-18(17)22-27(25,26)16-11-9-15(20)10-12-16/h5-12,22H,3-4,13-14H2,1-2H3,(H,21,24)/p+1. The molecule has 6 nitrogen and oxygen atoms in total. The maximum absolute atomic E-state index is 12.6. The molecule has 2 aromatic carbocycles. The van der Waals surface area contributed by atoms with E-state index in [1.165, 1.54) is 29.2 Å². The fourth-order valence-electron chi connectivity index (χ4n) is 2.64. The minimum absolute atomic E-state index is 0.0762. The molecule has 0 radical (unpaired) electrons. The Balaban J connectivity index is 2.13. The maximum Gasteiger partial charge on any atom is 0.261 e. The summed E-state index contributed by atoms with van der Waals surface area (Å²) in [6, 6.07) is 12.4. The Morgan fingerprint density at radius 1 is 1.04 bits per heavy atom. The van der Waals surface area contributed by atoms with Gasteiger partial charge in [0.1, 0.15) is 0 Å². The van der Waals surface area contributed by atoms with Crippen molar-refractivity contribution in [1.29, 1.82) is 0 Å². The predicted octanol–water partition coefficient (Wildman–Crippen LogP) is 1.80. The van der Waals surface area contributed by atoms with Gasteiger partial charge in [-0.25, -0.2) is 8.42 Å². The summed E-state index contributed by atoms with van der Waals surface area (Å²) in [5.41, 5.74) is 0.518. The summed E-state index contributed by atoms with van der Waals surface area (Å²) in [5, 5.41) is 3.31. The van der Waals surface area contributed by atoms with Crippen molar-refractivity contribution < 1.29 is 18.1 Å². The van der Waals surface area contributed by atoms with Crippen molar-refractivity contribution in [3.63, 3.8) is 0 Å². The van der Waals surface area contributed by atoms with Gasteiger partial charge in [0.25, 0.3) is 15.9 Å². The zero-order valence-electron chi connectivity index (χ0n) is 15.5. The molecule has 0 unspecified atom stereocenters. The monoisotopic (exact) mass is 410 g/mol. The second-order valence-electron chi connectivity index (χ2n) is 6.07. The molecule has 0 spiro atoms. The van der Waals surface area contributed by atoms with E-state index in [-0.39, 0.29) is 22.1 Å². The van der Waals surface area contributed by atoms with Crippen LogP contribution in [0.5, 0.6) is 0 Å². The van der Waals surface area contributed by atoms with Crippen molar-refractivity contribution in [2.45, 2.75) is 18.7 Å². The van der Waals surface area contributed by atoms with Gasteiger partial charge in [0.15, 0.2) is 0 Å². The number of hydrogen-bond acceptors (Lipinski definition) is 3. The molecule has 0 heterocycles. The highest BCUT2D eigenvalue weighted by Crippen LogP contribution is 2.21. The maximum atomic E-state index is 12.6. The van der Waals surface area contributed by atoms with Crippen molar-refractivity contribution >= 4 is 33.2 Å². The van der Waals surface area contributed by atoms with Crippen LogP contribution >= 0.6 is 11.6 Å². The van der Waals surface area contributed by atoms with Crippen molar-refractivity contribution in [1.82, 2.24) is 5.32 Å². The number of carbonyl (C=O) groups excluding carboxylic acids is 1. The van der Waals surface area contributed by atoms with Crippen LogP contribution in [0.4, 0.5) is 5.69 Å². The van der Waals surface area contributed by atoms with Crippen molar-refractivity contribution in [3.05, 3.63) is 59.1 Å². The highest BCUT2D eigenvalue weighted by molar-refractivity contribution is 7.92. The molecule has 0 aliphatic rings. The lowest BCUT2D eigenvalue weighted by atomic mass is 10.1. The van der Waals surface area contributed by atoms with E-state index >= 15 is 0 Å². The van der Waals surface area contributed by atoms with Gasteiger partial charge in [0.05, 0.1) is 42.3 Å². The first-order valence-corrected chi connectivity index (χ1v) is 10.7. The fraction of sp³-hybridized carbons (Fsp3) is 0.316. The minimum Gasteiger partial charge on any atom is -0.346 e. The van der Waals surface area contributed by atoms with E-state index in [1.807, 2.05) is 0 Å². The van der Waals surface area contributed by atoms with Gasteiger partial charge in [-0.05, 0) is 50.2 Å². The third kappa shape index (κ3) is 5.95. The lowest BCUT2D eigenvalue weighted by Gasteiger charge is -2.16. The summed E-state index contributed by atoms with van der Waals surface area (Å²) < 4.78 is 27.6. The Morgan fingerprint density at radius 3 is 2.30 bits per heavy atom. The molecule has 1 amide bonds. The second kappa shape index (κ2) is 9.73. The van der Waals surface area contributed by atoms with Crippen LogP contribution in [0.3, 0.4) is 0 Å². The van der Waals surface area contributed by atoms with E-state index in [4.69, 9.17) is 11.6 Å². The van der Waals surface area contributed by atoms with Crippen molar-refractivity contribution in [2.24, 2.45) is 0 Å². The first-order chi connectivity index (χ1) is 12.9. The van der Waals surface area contributed by atoms with Crippen LogP contribution in [-0.2, 0) is 10.0 Å². The van der Waals surface area contributed by atoms with Gasteiger partial charge < -0.3 is 10.2 Å². The van der Waals surface area contributed by atoms with Gasteiger partial charge in [-0.3, -0.25) is 9.52 Å². The molecular weight excluding hydrogens is 386 g/mol. The Morgan fingerprint density at radius 2 is 1.67 bits per heavy atom. The van der Waals surface area contributed by atoms with Crippen molar-refractivity contribution in [3.8, 4) is 0 Å². The number of quaternary nitrogens is 1. The number of benzene rings is 2. The number of likely N-dealkylation sites (N-methyl/N-ethyl adjacent to an activating group) is 1. The van der Waals surface area contributed by atoms with Gasteiger partial charge in [-0.15, -0.1) is 0 Å². The van der Waals surface area contributed by atoms with E-state index in [0.29, 0.717) is 11.6 Å². The predicted molar refractivity (Wildman–Crippen MR) is 108 cm³/mol. The number of carbonyl (C=O) groups is 1. The van der Waals surface area contributed by atoms with Crippen LogP contribution in [0, 0.1) is 0 Å². The first-order valence-electron chi connectivity index (χ1n) is 8.86. The summed E-state index contributed by atoms with van der Waals surface area (Å²) in [7, 11) is -3.82. The number of nitrogens with one attached hydrogen (secondary N) is 3. The average Bonchev–Trinajstić information content (AvgIpc) is 2.65. The number of rotatable bonds is 9. The van der Waals surface area contributed by atoms with Crippen LogP contribution in [0.1, 0.15) is 24.2 Å². The van der Waals surface area contributed by atoms with Gasteiger partial charge in [0.2, 0.25) is 0 Å². The second-order valence-corrected chi connectivity index (χ2v) is 8.19. The molecule has 8 heteroatoms. The number of amides is 1. The normalized spacial score (nSPS) is 11.4. The largest absolute Gasteiger partial charge is 0.346 e. The Bertz CT molecular complexity index is 866. The van der Waals surface area contributed by atoms with E-state index in [9.17, 15) is 13.2 Å². The lowest BCUT2D eigenvalue weighted by molar-refractivity contribution is -0.895.